The molecule has 2 saturated heterocycles. The normalized spacial score (nSPS) is 27.6. The zero-order valence-electron chi connectivity index (χ0n) is 19.5. The maximum atomic E-state index is 15.4. The molecule has 0 aromatic heterocycles. The van der Waals surface area contributed by atoms with Gasteiger partial charge in [0.2, 0.25) is 5.91 Å². The van der Waals surface area contributed by atoms with E-state index in [-0.39, 0.29) is 43.9 Å². The van der Waals surface area contributed by atoms with Gasteiger partial charge in [0.1, 0.15) is 15.8 Å². The van der Waals surface area contributed by atoms with Crippen LogP contribution in [0.4, 0.5) is 8.78 Å². The van der Waals surface area contributed by atoms with Crippen LogP contribution in [0, 0.1) is 17.6 Å². The number of amides is 1. The molecule has 37 heavy (non-hydrogen) atoms. The van der Waals surface area contributed by atoms with Gasteiger partial charge in [0, 0.05) is 24.1 Å². The van der Waals surface area contributed by atoms with Crippen molar-refractivity contribution in [2.75, 3.05) is 25.5 Å². The topological polar surface area (TPSA) is 116 Å². The molecule has 0 saturated carbocycles. The number of nitrogens with one attached hydrogen (secondary N) is 1. The molecule has 3 aliphatic rings. The third-order valence-electron chi connectivity index (χ3n) is 7.46. The van der Waals surface area contributed by atoms with E-state index in [1.807, 2.05) is 0 Å². The Morgan fingerprint density at radius 2 is 1.76 bits per heavy atom. The summed E-state index contributed by atoms with van der Waals surface area (Å²) in [4.78, 5) is 11.8. The van der Waals surface area contributed by atoms with Crippen LogP contribution in [0.1, 0.15) is 24.8 Å². The first kappa shape index (κ1) is 26.3. The minimum atomic E-state index is -4.40. The monoisotopic (exact) mass is 575 g/mol. The molecule has 0 unspecified atom stereocenters. The number of carbonyl (C=O) groups is 1. The van der Waals surface area contributed by atoms with Crippen molar-refractivity contribution in [3.05, 3.63) is 58.6 Å². The Morgan fingerprint density at radius 1 is 1.05 bits per heavy atom. The van der Waals surface area contributed by atoms with Crippen molar-refractivity contribution in [2.45, 2.75) is 40.3 Å². The Balaban J connectivity index is 1.60. The highest BCUT2D eigenvalue weighted by Gasteiger charge is 2.61. The first-order valence-corrected chi connectivity index (χ1v) is 15.3. The number of carbonyl (C=O) groups excluding carboxylic acids is 1. The van der Waals surface area contributed by atoms with Gasteiger partial charge in [-0.2, -0.15) is 0 Å². The lowest BCUT2D eigenvalue weighted by Crippen LogP contribution is -2.57. The van der Waals surface area contributed by atoms with Crippen molar-refractivity contribution in [1.29, 1.82) is 0 Å². The summed E-state index contributed by atoms with van der Waals surface area (Å²) in [5.74, 6) is -4.41. The van der Waals surface area contributed by atoms with Gasteiger partial charge >= 0.3 is 0 Å². The molecule has 0 aliphatic carbocycles. The fourth-order valence-electron chi connectivity index (χ4n) is 5.67. The molecule has 2 fully saturated rings. The summed E-state index contributed by atoms with van der Waals surface area (Å²) in [6, 6.07) is 7.09. The molecule has 4 atom stereocenters. The van der Waals surface area contributed by atoms with Gasteiger partial charge < -0.3 is 14.8 Å². The van der Waals surface area contributed by atoms with E-state index in [9.17, 15) is 26.0 Å². The Morgan fingerprint density at radius 3 is 2.43 bits per heavy atom. The highest BCUT2D eigenvalue weighted by molar-refractivity contribution is 7.93. The van der Waals surface area contributed by atoms with E-state index in [0.29, 0.717) is 5.02 Å². The van der Waals surface area contributed by atoms with E-state index in [1.165, 1.54) is 24.3 Å². The number of rotatable bonds is 6. The standard InChI is InChI=1S/C24H24ClF2NO7S2/c25-14-1-3-15(4-2-14)37(32,33)24-9-11-34-19(8-12-36(30,31)20-7-10-28-23(20)29)16(24)13-35-22-18(27)6-5-17(26)21(22)24/h1-6,16,19-20H,7-13H2,(H,28,29)/t16-,19-,20+,24-/m0/s1. The number of benzene rings is 2. The van der Waals surface area contributed by atoms with Gasteiger partial charge in [0.15, 0.2) is 31.2 Å². The number of sulfone groups is 2. The number of hydrogen-bond acceptors (Lipinski definition) is 7. The quantitative estimate of drug-likeness (QED) is 0.563. The summed E-state index contributed by atoms with van der Waals surface area (Å²) in [7, 11) is -8.27. The van der Waals surface area contributed by atoms with E-state index in [1.54, 1.807) is 0 Å². The Labute approximate surface area is 218 Å². The summed E-state index contributed by atoms with van der Waals surface area (Å²) < 4.78 is 93.9. The number of fused-ring (bicyclic) bond motifs is 3. The predicted molar refractivity (Wildman–Crippen MR) is 130 cm³/mol. The second kappa shape index (κ2) is 9.48. The van der Waals surface area contributed by atoms with Crippen molar-refractivity contribution >= 4 is 37.2 Å². The van der Waals surface area contributed by atoms with Crippen LogP contribution < -0.4 is 10.1 Å². The van der Waals surface area contributed by atoms with Gasteiger partial charge in [-0.1, -0.05) is 11.6 Å². The van der Waals surface area contributed by atoms with Gasteiger partial charge in [0.25, 0.3) is 0 Å². The van der Waals surface area contributed by atoms with E-state index in [4.69, 9.17) is 21.1 Å². The molecule has 1 N–H and O–H groups in total. The van der Waals surface area contributed by atoms with Gasteiger partial charge in [-0.15, -0.1) is 0 Å². The first-order chi connectivity index (χ1) is 17.5. The maximum absolute atomic E-state index is 15.4. The minimum Gasteiger partial charge on any atom is -0.490 e. The summed E-state index contributed by atoms with van der Waals surface area (Å²) in [5, 5.41) is 1.60. The third-order valence-corrected chi connectivity index (χ3v) is 12.4. The van der Waals surface area contributed by atoms with E-state index in [0.717, 1.165) is 12.1 Å². The molecule has 0 bridgehead atoms. The molecule has 3 aliphatic heterocycles. The second-order valence-corrected chi connectivity index (χ2v) is 14.3. The van der Waals surface area contributed by atoms with E-state index in [2.05, 4.69) is 5.32 Å². The number of ether oxygens (including phenoxy) is 2. The zero-order valence-corrected chi connectivity index (χ0v) is 21.8. The summed E-state index contributed by atoms with van der Waals surface area (Å²) in [5.41, 5.74) is -0.426. The van der Waals surface area contributed by atoms with Crippen molar-refractivity contribution < 1.29 is 39.9 Å². The summed E-state index contributed by atoms with van der Waals surface area (Å²) in [6.45, 7) is -0.231. The lowest BCUT2D eigenvalue weighted by Gasteiger charge is -2.50. The Kier molecular flexibility index (Phi) is 6.74. The number of hydrogen-bond donors (Lipinski definition) is 1. The van der Waals surface area contributed by atoms with Crippen LogP contribution in [-0.4, -0.2) is 59.6 Å². The SMILES string of the molecule is O=C1NCC[C@H]1S(=O)(=O)CC[C@@H]1OCC[C@@]2(S(=O)(=O)c3ccc(Cl)cc3)c3c(F)ccc(F)c3OC[C@@H]12. The lowest BCUT2D eigenvalue weighted by atomic mass is 9.75. The summed E-state index contributed by atoms with van der Waals surface area (Å²) >= 11 is 5.95. The first-order valence-electron chi connectivity index (χ1n) is 11.7. The van der Waals surface area contributed by atoms with Crippen LogP contribution in [0.5, 0.6) is 5.75 Å². The van der Waals surface area contributed by atoms with Crippen LogP contribution in [0.25, 0.3) is 0 Å². The molecule has 0 radical (unpaired) electrons. The summed E-state index contributed by atoms with van der Waals surface area (Å²) in [6.07, 6.45) is -1.19. The lowest BCUT2D eigenvalue weighted by molar-refractivity contribution is -0.118. The van der Waals surface area contributed by atoms with Gasteiger partial charge in [-0.3, -0.25) is 4.79 Å². The molecule has 2 aromatic carbocycles. The molecule has 5 rings (SSSR count). The van der Waals surface area contributed by atoms with E-state index >= 15 is 4.39 Å². The average Bonchev–Trinajstić information content (AvgIpc) is 3.31. The van der Waals surface area contributed by atoms with Crippen LogP contribution >= 0.6 is 11.6 Å². The average molecular weight is 576 g/mol. The fourth-order valence-corrected chi connectivity index (χ4v) is 9.87. The van der Waals surface area contributed by atoms with Crippen LogP contribution in [0.2, 0.25) is 5.02 Å². The molecule has 3 heterocycles. The van der Waals surface area contributed by atoms with Crippen molar-refractivity contribution in [3.63, 3.8) is 0 Å². The number of halogens is 3. The highest BCUT2D eigenvalue weighted by atomic mass is 35.5. The van der Waals surface area contributed by atoms with E-state index < -0.39 is 76.3 Å². The molecule has 200 valence electrons. The molecule has 13 heteroatoms. The third kappa shape index (κ3) is 4.21. The van der Waals surface area contributed by atoms with Crippen LogP contribution in [0.15, 0.2) is 41.3 Å². The smallest absolute Gasteiger partial charge is 0.238 e. The molecule has 2 aromatic rings. The van der Waals surface area contributed by atoms with Crippen molar-refractivity contribution in [3.8, 4) is 5.75 Å². The van der Waals surface area contributed by atoms with Gasteiger partial charge in [-0.25, -0.2) is 25.6 Å². The fraction of sp³-hybridized carbons (Fsp3) is 0.458. The van der Waals surface area contributed by atoms with Gasteiger partial charge in [-0.05, 0) is 55.7 Å². The zero-order chi connectivity index (χ0) is 26.6. The second-order valence-electron chi connectivity index (χ2n) is 9.38. The van der Waals surface area contributed by atoms with Crippen molar-refractivity contribution in [2.24, 2.45) is 5.92 Å². The Hall–Kier alpha value is -2.28. The minimum absolute atomic E-state index is 0.144. The Bertz CT molecular complexity index is 1450. The largest absolute Gasteiger partial charge is 0.490 e. The molecular formula is C24H24ClF2NO7S2. The van der Waals surface area contributed by atoms with Crippen LogP contribution in [-0.2, 0) is 34.0 Å². The molecule has 8 nitrogen and oxygen atoms in total. The predicted octanol–water partition coefficient (Wildman–Crippen LogP) is 2.78. The van der Waals surface area contributed by atoms with Crippen molar-refractivity contribution in [1.82, 2.24) is 5.32 Å². The van der Waals surface area contributed by atoms with Crippen LogP contribution in [0.3, 0.4) is 0 Å². The highest BCUT2D eigenvalue weighted by Crippen LogP contribution is 2.56. The molecule has 0 spiro atoms. The molecule has 1 amide bonds. The van der Waals surface area contributed by atoms with Gasteiger partial charge in [0.05, 0.1) is 28.9 Å². The molecular weight excluding hydrogens is 552 g/mol. The maximum Gasteiger partial charge on any atom is 0.238 e.